The lowest BCUT2D eigenvalue weighted by atomic mass is 10.1. The van der Waals surface area contributed by atoms with Crippen LogP contribution in [0.25, 0.3) is 22.5 Å². The van der Waals surface area contributed by atoms with Crippen LogP contribution in [0.1, 0.15) is 5.56 Å². The van der Waals surface area contributed by atoms with Gasteiger partial charge in [-0.1, -0.05) is 66.7 Å². The minimum absolute atomic E-state index is 0.440. The largest absolute Gasteiger partial charge is 0.264 e. The maximum atomic E-state index is 4.61. The maximum Gasteiger partial charge on any atom is 0.244 e. The number of benzene rings is 2. The molecule has 0 fully saturated rings. The first kappa shape index (κ1) is 16.6. The lowest BCUT2D eigenvalue weighted by molar-refractivity contribution is 1.12. The highest BCUT2D eigenvalue weighted by Gasteiger charge is 2.08. The third-order valence-electron chi connectivity index (χ3n) is 3.93. The van der Waals surface area contributed by atoms with Crippen LogP contribution in [0, 0.1) is 0 Å². The molecule has 0 bridgehead atoms. The molecule has 2 aromatic heterocycles. The SMILES string of the molecule is C(=NNc1nc(-c2ccccc2)cc(-c2ccccc2)n1)c1cccnc1. The number of nitrogens with zero attached hydrogens (tertiary/aromatic N) is 4. The van der Waals surface area contributed by atoms with Gasteiger partial charge in [-0.15, -0.1) is 0 Å². The lowest BCUT2D eigenvalue weighted by Crippen LogP contribution is -2.00. The predicted octanol–water partition coefficient (Wildman–Crippen LogP) is 4.65. The van der Waals surface area contributed by atoms with E-state index in [0.29, 0.717) is 5.95 Å². The van der Waals surface area contributed by atoms with Gasteiger partial charge in [-0.2, -0.15) is 5.10 Å². The second-order valence-corrected chi connectivity index (χ2v) is 5.85. The number of aromatic nitrogens is 3. The number of nitrogens with one attached hydrogen (secondary N) is 1. The Labute approximate surface area is 157 Å². The quantitative estimate of drug-likeness (QED) is 0.420. The van der Waals surface area contributed by atoms with Gasteiger partial charge in [0.25, 0.3) is 0 Å². The van der Waals surface area contributed by atoms with Gasteiger partial charge in [0.2, 0.25) is 5.95 Å². The zero-order chi connectivity index (χ0) is 18.3. The van der Waals surface area contributed by atoms with Gasteiger partial charge >= 0.3 is 0 Å². The Morgan fingerprint density at radius 1 is 0.741 bits per heavy atom. The zero-order valence-corrected chi connectivity index (χ0v) is 14.5. The summed E-state index contributed by atoms with van der Waals surface area (Å²) in [6, 6.07) is 25.8. The van der Waals surface area contributed by atoms with Crippen molar-refractivity contribution in [3.05, 3.63) is 96.8 Å². The van der Waals surface area contributed by atoms with Crippen molar-refractivity contribution in [1.29, 1.82) is 0 Å². The minimum atomic E-state index is 0.440. The molecule has 0 saturated carbocycles. The van der Waals surface area contributed by atoms with E-state index in [0.717, 1.165) is 28.1 Å². The average molecular weight is 351 g/mol. The molecule has 0 amide bonds. The van der Waals surface area contributed by atoms with Crippen LogP contribution in [0.15, 0.2) is 96.4 Å². The molecule has 0 saturated heterocycles. The summed E-state index contributed by atoms with van der Waals surface area (Å²) in [4.78, 5) is 13.3. The zero-order valence-electron chi connectivity index (χ0n) is 14.5. The molecule has 0 radical (unpaired) electrons. The summed E-state index contributed by atoms with van der Waals surface area (Å²) in [7, 11) is 0. The molecule has 4 aromatic rings. The lowest BCUT2D eigenvalue weighted by Gasteiger charge is -2.08. The van der Waals surface area contributed by atoms with E-state index in [-0.39, 0.29) is 0 Å². The van der Waals surface area contributed by atoms with Gasteiger partial charge in [0, 0.05) is 29.1 Å². The van der Waals surface area contributed by atoms with Crippen molar-refractivity contribution in [2.45, 2.75) is 0 Å². The summed E-state index contributed by atoms with van der Waals surface area (Å²) in [5, 5.41) is 4.24. The second-order valence-electron chi connectivity index (χ2n) is 5.85. The standard InChI is InChI=1S/C22H17N5/c1-3-9-18(10-4-1)20-14-21(19-11-5-2-6-12-19)26-22(25-20)27-24-16-17-8-7-13-23-15-17/h1-16H,(H,25,26,27). The molecule has 5 heteroatoms. The number of anilines is 1. The van der Waals surface area contributed by atoms with Crippen LogP contribution < -0.4 is 5.43 Å². The molecule has 2 heterocycles. The summed E-state index contributed by atoms with van der Waals surface area (Å²) < 4.78 is 0. The summed E-state index contributed by atoms with van der Waals surface area (Å²) >= 11 is 0. The van der Waals surface area contributed by atoms with Gasteiger partial charge in [0.05, 0.1) is 17.6 Å². The molecule has 0 aliphatic heterocycles. The van der Waals surface area contributed by atoms with E-state index in [9.17, 15) is 0 Å². The highest BCUT2D eigenvalue weighted by molar-refractivity contribution is 5.79. The average Bonchev–Trinajstić information content (AvgIpc) is 2.76. The fourth-order valence-electron chi connectivity index (χ4n) is 2.63. The molecule has 0 spiro atoms. The summed E-state index contributed by atoms with van der Waals surface area (Å²) in [6.07, 6.45) is 5.15. The highest BCUT2D eigenvalue weighted by Crippen LogP contribution is 2.24. The van der Waals surface area contributed by atoms with Crippen molar-refractivity contribution in [3.63, 3.8) is 0 Å². The summed E-state index contributed by atoms with van der Waals surface area (Å²) in [5.74, 6) is 0.440. The van der Waals surface area contributed by atoms with Gasteiger partial charge in [-0.3, -0.25) is 4.98 Å². The van der Waals surface area contributed by atoms with Crippen molar-refractivity contribution in [3.8, 4) is 22.5 Å². The third kappa shape index (κ3) is 4.22. The molecule has 0 unspecified atom stereocenters. The Morgan fingerprint density at radius 2 is 1.37 bits per heavy atom. The molecular formula is C22H17N5. The summed E-state index contributed by atoms with van der Waals surface area (Å²) in [5.41, 5.74) is 7.55. The number of hydrogen-bond donors (Lipinski definition) is 1. The third-order valence-corrected chi connectivity index (χ3v) is 3.93. The number of rotatable bonds is 5. The fraction of sp³-hybridized carbons (Fsp3) is 0. The van der Waals surface area contributed by atoms with Crippen molar-refractivity contribution in [2.75, 3.05) is 5.43 Å². The molecule has 130 valence electrons. The van der Waals surface area contributed by atoms with Gasteiger partial charge in [0.1, 0.15) is 0 Å². The highest BCUT2D eigenvalue weighted by atomic mass is 15.3. The maximum absolute atomic E-state index is 4.61. The van der Waals surface area contributed by atoms with Crippen molar-refractivity contribution in [2.24, 2.45) is 5.10 Å². The van der Waals surface area contributed by atoms with E-state index in [2.05, 4.69) is 25.5 Å². The summed E-state index contributed by atoms with van der Waals surface area (Å²) in [6.45, 7) is 0. The van der Waals surface area contributed by atoms with Crippen LogP contribution in [0.2, 0.25) is 0 Å². The van der Waals surface area contributed by atoms with Crippen LogP contribution in [0.3, 0.4) is 0 Å². The number of hydrogen-bond acceptors (Lipinski definition) is 5. The van der Waals surface area contributed by atoms with Gasteiger partial charge in [-0.05, 0) is 12.1 Å². The van der Waals surface area contributed by atoms with Crippen LogP contribution in [0.5, 0.6) is 0 Å². The molecule has 2 aromatic carbocycles. The van der Waals surface area contributed by atoms with Crippen molar-refractivity contribution < 1.29 is 0 Å². The van der Waals surface area contributed by atoms with Crippen LogP contribution in [-0.4, -0.2) is 21.2 Å². The Hall–Kier alpha value is -3.86. The van der Waals surface area contributed by atoms with Gasteiger partial charge < -0.3 is 0 Å². The smallest absolute Gasteiger partial charge is 0.244 e. The predicted molar refractivity (Wildman–Crippen MR) is 108 cm³/mol. The number of pyridine rings is 1. The Kier molecular flexibility index (Phi) is 4.93. The minimum Gasteiger partial charge on any atom is -0.264 e. The fourth-order valence-corrected chi connectivity index (χ4v) is 2.63. The van der Waals surface area contributed by atoms with Crippen molar-refractivity contribution >= 4 is 12.2 Å². The molecule has 0 aliphatic rings. The molecule has 0 atom stereocenters. The van der Waals surface area contributed by atoms with Crippen molar-refractivity contribution in [1.82, 2.24) is 15.0 Å². The first-order valence-corrected chi connectivity index (χ1v) is 8.57. The first-order chi connectivity index (χ1) is 13.4. The van der Waals surface area contributed by atoms with E-state index in [1.54, 1.807) is 18.6 Å². The Bertz CT molecular complexity index is 974. The van der Waals surface area contributed by atoms with E-state index in [1.807, 2.05) is 78.9 Å². The Balaban J connectivity index is 1.69. The molecular weight excluding hydrogens is 334 g/mol. The number of hydrazone groups is 1. The monoisotopic (exact) mass is 351 g/mol. The molecule has 0 aliphatic carbocycles. The Morgan fingerprint density at radius 3 is 1.93 bits per heavy atom. The topological polar surface area (TPSA) is 63.1 Å². The van der Waals surface area contributed by atoms with E-state index in [1.165, 1.54) is 0 Å². The second kappa shape index (κ2) is 8.01. The first-order valence-electron chi connectivity index (χ1n) is 8.57. The van der Waals surface area contributed by atoms with E-state index >= 15 is 0 Å². The molecule has 4 rings (SSSR count). The van der Waals surface area contributed by atoms with Crippen LogP contribution in [-0.2, 0) is 0 Å². The molecule has 5 nitrogen and oxygen atoms in total. The van der Waals surface area contributed by atoms with Crippen LogP contribution >= 0.6 is 0 Å². The van der Waals surface area contributed by atoms with E-state index in [4.69, 9.17) is 0 Å². The van der Waals surface area contributed by atoms with Gasteiger partial charge in [-0.25, -0.2) is 15.4 Å². The van der Waals surface area contributed by atoms with E-state index < -0.39 is 0 Å². The normalized spacial score (nSPS) is 10.8. The van der Waals surface area contributed by atoms with Crippen LogP contribution in [0.4, 0.5) is 5.95 Å². The molecule has 1 N–H and O–H groups in total. The molecule has 27 heavy (non-hydrogen) atoms. The van der Waals surface area contributed by atoms with Gasteiger partial charge in [0.15, 0.2) is 0 Å².